The Morgan fingerprint density at radius 2 is 1.70 bits per heavy atom. The van der Waals surface area contributed by atoms with E-state index in [0.29, 0.717) is 23.8 Å². The van der Waals surface area contributed by atoms with Gasteiger partial charge in [0.1, 0.15) is 11.8 Å². The molecule has 0 aliphatic rings. The predicted molar refractivity (Wildman–Crippen MR) is 143 cm³/mol. The van der Waals surface area contributed by atoms with E-state index in [1.54, 1.807) is 20.5 Å². The molecule has 188 valence electrons. The van der Waals surface area contributed by atoms with E-state index < -0.39 is 6.04 Å². The molecule has 2 aromatic heterocycles. The number of aromatic amines is 1. The van der Waals surface area contributed by atoms with Crippen molar-refractivity contribution in [3.8, 4) is 11.5 Å². The molecule has 0 aliphatic carbocycles. The number of carbonyl (C=O) groups is 1. The third kappa shape index (κ3) is 5.02. The highest BCUT2D eigenvalue weighted by Crippen LogP contribution is 2.40. The van der Waals surface area contributed by atoms with Crippen LogP contribution in [0.1, 0.15) is 34.4 Å². The second-order valence-electron chi connectivity index (χ2n) is 8.64. The average Bonchev–Trinajstić information content (AvgIpc) is 3.63. The Bertz CT molecular complexity index is 1460. The van der Waals surface area contributed by atoms with Gasteiger partial charge in [-0.15, -0.1) is 0 Å². The number of hydrogen-bond acceptors (Lipinski definition) is 4. The Balaban J connectivity index is 1.45. The van der Waals surface area contributed by atoms with Gasteiger partial charge in [0, 0.05) is 35.1 Å². The van der Waals surface area contributed by atoms with E-state index in [-0.39, 0.29) is 11.9 Å². The summed E-state index contributed by atoms with van der Waals surface area (Å²) in [5.74, 6) is 1.73. The molecule has 0 aliphatic heterocycles. The lowest BCUT2D eigenvalue weighted by molar-refractivity contribution is 0.237. The van der Waals surface area contributed by atoms with Gasteiger partial charge in [0.15, 0.2) is 11.5 Å². The van der Waals surface area contributed by atoms with Gasteiger partial charge in [-0.05, 0) is 35.4 Å². The van der Waals surface area contributed by atoms with Crippen molar-refractivity contribution in [1.29, 1.82) is 0 Å². The molecule has 0 spiro atoms. The van der Waals surface area contributed by atoms with Crippen LogP contribution in [0.4, 0.5) is 4.79 Å². The van der Waals surface area contributed by atoms with Crippen molar-refractivity contribution in [2.75, 3.05) is 20.8 Å². The summed E-state index contributed by atoms with van der Waals surface area (Å²) < 4.78 is 16.9. The summed E-state index contributed by atoms with van der Waals surface area (Å²) in [6.07, 6.45) is 3.59. The highest BCUT2D eigenvalue weighted by molar-refractivity contribution is 5.84. The largest absolute Gasteiger partial charge is 0.493 e. The molecule has 2 heterocycles. The second-order valence-corrected chi connectivity index (χ2v) is 8.64. The van der Waals surface area contributed by atoms with Crippen molar-refractivity contribution in [1.82, 2.24) is 15.6 Å². The molecule has 37 heavy (non-hydrogen) atoms. The zero-order chi connectivity index (χ0) is 25.6. The molecule has 0 radical (unpaired) electrons. The van der Waals surface area contributed by atoms with E-state index in [9.17, 15) is 4.79 Å². The molecule has 0 fully saturated rings. The number of aromatic nitrogens is 1. The van der Waals surface area contributed by atoms with Crippen LogP contribution in [0.3, 0.4) is 0 Å². The van der Waals surface area contributed by atoms with Gasteiger partial charge in [0.2, 0.25) is 0 Å². The number of furan rings is 1. The molecule has 0 saturated heterocycles. The fourth-order valence-corrected chi connectivity index (χ4v) is 4.75. The van der Waals surface area contributed by atoms with E-state index >= 15 is 0 Å². The number of fused-ring (bicyclic) bond motifs is 1. The van der Waals surface area contributed by atoms with Gasteiger partial charge in [-0.25, -0.2) is 4.79 Å². The van der Waals surface area contributed by atoms with Crippen molar-refractivity contribution in [2.24, 2.45) is 0 Å². The minimum absolute atomic E-state index is 0.203. The molecule has 5 aromatic rings. The summed E-state index contributed by atoms with van der Waals surface area (Å²) in [5.41, 5.74) is 3.91. The third-order valence-corrected chi connectivity index (χ3v) is 6.51. The van der Waals surface area contributed by atoms with Gasteiger partial charge in [0.05, 0.1) is 20.5 Å². The van der Waals surface area contributed by atoms with E-state index in [2.05, 4.69) is 21.7 Å². The van der Waals surface area contributed by atoms with Crippen LogP contribution >= 0.6 is 0 Å². The Hall–Kier alpha value is -4.65. The molecule has 5 rings (SSSR count). The monoisotopic (exact) mass is 495 g/mol. The van der Waals surface area contributed by atoms with Crippen molar-refractivity contribution in [3.05, 3.63) is 120 Å². The third-order valence-electron chi connectivity index (χ3n) is 6.51. The maximum atomic E-state index is 13.2. The summed E-state index contributed by atoms with van der Waals surface area (Å²) in [6, 6.07) is 26.6. The molecule has 7 heteroatoms. The lowest BCUT2D eigenvalue weighted by Crippen LogP contribution is -2.40. The van der Waals surface area contributed by atoms with Gasteiger partial charge in [0.25, 0.3) is 0 Å². The lowest BCUT2D eigenvalue weighted by Gasteiger charge is -2.23. The SMILES string of the molecule is COc1cccc(C(CNC(=O)NC(c2ccccc2)c2ccco2)c2c[nH]c3ccccc23)c1OC. The molecule has 3 aromatic carbocycles. The normalized spacial score (nSPS) is 12.6. The van der Waals surface area contributed by atoms with Crippen LogP contribution in [-0.4, -0.2) is 31.8 Å². The number of urea groups is 1. The van der Waals surface area contributed by atoms with Crippen LogP contribution in [0.15, 0.2) is 102 Å². The minimum Gasteiger partial charge on any atom is -0.493 e. The van der Waals surface area contributed by atoms with Gasteiger partial charge in [-0.2, -0.15) is 0 Å². The van der Waals surface area contributed by atoms with Gasteiger partial charge >= 0.3 is 6.03 Å². The van der Waals surface area contributed by atoms with E-state index in [1.807, 2.05) is 85.1 Å². The number of nitrogens with one attached hydrogen (secondary N) is 3. The topological polar surface area (TPSA) is 88.5 Å². The van der Waals surface area contributed by atoms with Crippen LogP contribution in [0.2, 0.25) is 0 Å². The summed E-state index contributed by atoms with van der Waals surface area (Å²) in [5, 5.41) is 7.23. The quantitative estimate of drug-likeness (QED) is 0.234. The fraction of sp³-hybridized carbons (Fsp3) is 0.167. The first-order chi connectivity index (χ1) is 18.2. The Kier molecular flexibility index (Phi) is 7.12. The Labute approximate surface area is 215 Å². The van der Waals surface area contributed by atoms with Crippen molar-refractivity contribution in [2.45, 2.75) is 12.0 Å². The maximum absolute atomic E-state index is 13.2. The molecular weight excluding hydrogens is 466 g/mol. The number of methoxy groups -OCH3 is 2. The number of rotatable bonds is 9. The molecular formula is C30H29N3O4. The molecule has 3 N–H and O–H groups in total. The van der Waals surface area contributed by atoms with Crippen LogP contribution in [0.5, 0.6) is 11.5 Å². The molecule has 2 unspecified atom stereocenters. The number of hydrogen-bond donors (Lipinski definition) is 3. The van der Waals surface area contributed by atoms with Gasteiger partial charge in [-0.1, -0.05) is 60.7 Å². The number of para-hydroxylation sites is 2. The van der Waals surface area contributed by atoms with Crippen LogP contribution < -0.4 is 20.1 Å². The van der Waals surface area contributed by atoms with Gasteiger partial charge < -0.3 is 29.5 Å². The molecule has 2 amide bonds. The lowest BCUT2D eigenvalue weighted by atomic mass is 9.90. The zero-order valence-electron chi connectivity index (χ0n) is 20.7. The fourth-order valence-electron chi connectivity index (χ4n) is 4.75. The van der Waals surface area contributed by atoms with E-state index in [0.717, 1.165) is 27.6 Å². The Morgan fingerprint density at radius 1 is 0.892 bits per heavy atom. The molecule has 7 nitrogen and oxygen atoms in total. The number of carbonyl (C=O) groups excluding carboxylic acids is 1. The first kappa shape index (κ1) is 24.1. The Morgan fingerprint density at radius 3 is 2.46 bits per heavy atom. The summed E-state index contributed by atoms with van der Waals surface area (Å²) >= 11 is 0. The van der Waals surface area contributed by atoms with E-state index in [1.165, 1.54) is 0 Å². The van der Waals surface area contributed by atoms with Gasteiger partial charge in [-0.3, -0.25) is 0 Å². The van der Waals surface area contributed by atoms with Crippen molar-refractivity contribution in [3.63, 3.8) is 0 Å². The summed E-state index contributed by atoms with van der Waals surface area (Å²) in [4.78, 5) is 16.6. The number of H-pyrrole nitrogens is 1. The standard InChI is InChI=1S/C30H29N3O4/c1-35-27-15-8-13-22(29(27)36-2)24(23-18-31-25-14-7-6-12-21(23)25)19-32-30(34)33-28(26-16-9-17-37-26)20-10-4-3-5-11-20/h3-18,24,28,31H,19H2,1-2H3,(H2,32,33,34). The predicted octanol–water partition coefficient (Wildman–Crippen LogP) is 6.00. The molecule has 2 atom stereocenters. The minimum atomic E-state index is -0.422. The van der Waals surface area contributed by atoms with Crippen LogP contribution in [0, 0.1) is 0 Å². The van der Waals surface area contributed by atoms with Crippen LogP contribution in [-0.2, 0) is 0 Å². The number of benzene rings is 3. The summed E-state index contributed by atoms with van der Waals surface area (Å²) in [7, 11) is 3.24. The number of ether oxygens (including phenoxy) is 2. The first-order valence-electron chi connectivity index (χ1n) is 12.1. The smallest absolute Gasteiger partial charge is 0.315 e. The van der Waals surface area contributed by atoms with Crippen LogP contribution in [0.25, 0.3) is 10.9 Å². The first-order valence-corrected chi connectivity index (χ1v) is 12.1. The highest BCUT2D eigenvalue weighted by atomic mass is 16.5. The highest BCUT2D eigenvalue weighted by Gasteiger charge is 2.25. The maximum Gasteiger partial charge on any atom is 0.315 e. The molecule has 0 bridgehead atoms. The second kappa shape index (κ2) is 11.0. The zero-order valence-corrected chi connectivity index (χ0v) is 20.7. The summed E-state index contributed by atoms with van der Waals surface area (Å²) in [6.45, 7) is 0.330. The van der Waals surface area contributed by atoms with E-state index in [4.69, 9.17) is 13.9 Å². The van der Waals surface area contributed by atoms with Crippen molar-refractivity contribution >= 4 is 16.9 Å². The average molecular weight is 496 g/mol. The molecule has 0 saturated carbocycles. The number of amides is 2. The van der Waals surface area contributed by atoms with Crippen molar-refractivity contribution < 1.29 is 18.7 Å².